The molecule has 7 heteroatoms. The molecule has 1 fully saturated rings. The van der Waals surface area contributed by atoms with Crippen LogP contribution in [0.1, 0.15) is 41.0 Å². The average molecular weight is 376 g/mol. The van der Waals surface area contributed by atoms with E-state index in [1.165, 1.54) is 30.6 Å². The second-order valence-electron chi connectivity index (χ2n) is 6.26. The second-order valence-corrected chi connectivity index (χ2v) is 7.21. The number of ether oxygens (including phenoxy) is 1. The van der Waals surface area contributed by atoms with E-state index < -0.39 is 11.9 Å². The molecule has 3 rings (SSSR count). The fourth-order valence-electron chi connectivity index (χ4n) is 3.17. The zero-order valence-electron chi connectivity index (χ0n) is 14.7. The van der Waals surface area contributed by atoms with Crippen LogP contribution in [-0.4, -0.2) is 36.4 Å². The van der Waals surface area contributed by atoms with Crippen LogP contribution in [0.25, 0.3) is 0 Å². The van der Waals surface area contributed by atoms with Gasteiger partial charge in [-0.25, -0.2) is 4.39 Å². The maximum atomic E-state index is 13.9. The quantitative estimate of drug-likeness (QED) is 0.870. The van der Waals surface area contributed by atoms with Crippen molar-refractivity contribution >= 4 is 23.2 Å². The third-order valence-corrected chi connectivity index (χ3v) is 5.44. The van der Waals surface area contributed by atoms with Crippen molar-refractivity contribution in [3.8, 4) is 5.75 Å². The van der Waals surface area contributed by atoms with Gasteiger partial charge in [-0.2, -0.15) is 0 Å². The summed E-state index contributed by atoms with van der Waals surface area (Å²) in [4.78, 5) is 27.5. The van der Waals surface area contributed by atoms with Gasteiger partial charge in [0, 0.05) is 6.54 Å². The lowest BCUT2D eigenvalue weighted by Crippen LogP contribution is -2.46. The molecular formula is C19H21FN2O3S. The van der Waals surface area contributed by atoms with E-state index >= 15 is 0 Å². The number of hydrogen-bond acceptors (Lipinski definition) is 4. The lowest BCUT2D eigenvalue weighted by molar-refractivity contribution is -0.125. The normalized spacial score (nSPS) is 17.8. The molecule has 0 aliphatic carbocycles. The Morgan fingerprint density at radius 2 is 2.19 bits per heavy atom. The summed E-state index contributed by atoms with van der Waals surface area (Å²) in [5, 5.41) is 4.74. The summed E-state index contributed by atoms with van der Waals surface area (Å²) in [6.07, 6.45) is 1.42. The Balaban J connectivity index is 1.68. The minimum Gasteiger partial charge on any atom is -0.494 e. The molecule has 1 aliphatic heterocycles. The van der Waals surface area contributed by atoms with Crippen LogP contribution < -0.4 is 10.1 Å². The first kappa shape index (κ1) is 18.4. The molecule has 5 nitrogen and oxygen atoms in total. The summed E-state index contributed by atoms with van der Waals surface area (Å²) < 4.78 is 18.8. The van der Waals surface area contributed by atoms with Crippen LogP contribution in [0.5, 0.6) is 5.75 Å². The maximum absolute atomic E-state index is 13.9. The highest BCUT2D eigenvalue weighted by atomic mass is 32.1. The Bertz CT molecular complexity index is 794. The van der Waals surface area contributed by atoms with E-state index in [9.17, 15) is 14.0 Å². The SMILES string of the molecule is COc1ccc(C(C)NC(=O)[C@@H]2CCCN2C(=O)c2cccs2)cc1F. The lowest BCUT2D eigenvalue weighted by atomic mass is 10.1. The molecule has 1 unspecified atom stereocenters. The highest BCUT2D eigenvalue weighted by molar-refractivity contribution is 7.12. The van der Waals surface area contributed by atoms with Gasteiger partial charge in [-0.15, -0.1) is 11.3 Å². The molecule has 0 spiro atoms. The van der Waals surface area contributed by atoms with E-state index in [1.807, 2.05) is 11.4 Å². The van der Waals surface area contributed by atoms with Crippen LogP contribution in [0.2, 0.25) is 0 Å². The molecule has 2 aromatic rings. The Morgan fingerprint density at radius 1 is 1.38 bits per heavy atom. The fourth-order valence-corrected chi connectivity index (χ4v) is 3.85. The summed E-state index contributed by atoms with van der Waals surface area (Å²) in [5.74, 6) is -0.630. The van der Waals surface area contributed by atoms with Gasteiger partial charge in [0.25, 0.3) is 5.91 Å². The maximum Gasteiger partial charge on any atom is 0.264 e. The van der Waals surface area contributed by atoms with Crippen LogP contribution in [0.15, 0.2) is 35.7 Å². The van der Waals surface area contributed by atoms with Gasteiger partial charge < -0.3 is 15.0 Å². The third kappa shape index (κ3) is 3.72. The van der Waals surface area contributed by atoms with E-state index in [0.717, 1.165) is 6.42 Å². The minimum atomic E-state index is -0.491. The van der Waals surface area contributed by atoms with Crippen LogP contribution in [0.4, 0.5) is 4.39 Å². The Labute approximate surface area is 155 Å². The Kier molecular flexibility index (Phi) is 5.56. The van der Waals surface area contributed by atoms with Gasteiger partial charge in [-0.3, -0.25) is 9.59 Å². The van der Waals surface area contributed by atoms with Crippen molar-refractivity contribution in [2.75, 3.05) is 13.7 Å². The van der Waals surface area contributed by atoms with Gasteiger partial charge in [0.05, 0.1) is 18.0 Å². The van der Waals surface area contributed by atoms with Gasteiger partial charge >= 0.3 is 0 Å². The summed E-state index contributed by atoms with van der Waals surface area (Å²) in [6, 6.07) is 7.34. The Hall–Kier alpha value is -2.41. The van der Waals surface area contributed by atoms with Crippen LogP contribution >= 0.6 is 11.3 Å². The molecule has 1 aromatic carbocycles. The molecule has 1 aromatic heterocycles. The molecule has 0 radical (unpaired) electrons. The molecule has 26 heavy (non-hydrogen) atoms. The zero-order valence-corrected chi connectivity index (χ0v) is 15.5. The summed E-state index contributed by atoms with van der Waals surface area (Å²) in [7, 11) is 1.41. The van der Waals surface area contributed by atoms with Crippen molar-refractivity contribution in [1.82, 2.24) is 10.2 Å². The van der Waals surface area contributed by atoms with Gasteiger partial charge in [0.2, 0.25) is 5.91 Å². The topological polar surface area (TPSA) is 58.6 Å². The predicted octanol–water partition coefficient (Wildman–Crippen LogP) is 3.38. The number of nitrogens with zero attached hydrogens (tertiary/aromatic N) is 1. The van der Waals surface area contributed by atoms with E-state index in [2.05, 4.69) is 5.32 Å². The molecule has 2 atom stereocenters. The van der Waals surface area contributed by atoms with E-state index in [4.69, 9.17) is 4.74 Å². The fraction of sp³-hybridized carbons (Fsp3) is 0.368. The molecular weight excluding hydrogens is 355 g/mol. The molecule has 0 bridgehead atoms. The molecule has 1 saturated heterocycles. The standard InChI is InChI=1S/C19H21FN2O3S/c1-12(13-7-8-16(25-2)14(20)11-13)21-18(23)15-5-3-9-22(15)19(24)17-6-4-10-26-17/h4,6-8,10-12,15H,3,5,9H2,1-2H3,(H,21,23)/t12?,15-/m0/s1. The molecule has 1 aliphatic rings. The number of halogens is 1. The summed E-state index contributed by atoms with van der Waals surface area (Å²) >= 11 is 1.37. The van der Waals surface area contributed by atoms with Crippen molar-refractivity contribution < 1.29 is 18.7 Å². The minimum absolute atomic E-state index is 0.110. The number of methoxy groups -OCH3 is 1. The Morgan fingerprint density at radius 3 is 2.85 bits per heavy atom. The summed E-state index contributed by atoms with van der Waals surface area (Å²) in [6.45, 7) is 2.36. The number of amides is 2. The number of carbonyl (C=O) groups excluding carboxylic acids is 2. The highest BCUT2D eigenvalue weighted by Gasteiger charge is 2.35. The van der Waals surface area contributed by atoms with Crippen LogP contribution in [0.3, 0.4) is 0 Å². The largest absolute Gasteiger partial charge is 0.494 e. The van der Waals surface area contributed by atoms with Gasteiger partial charge in [0.1, 0.15) is 6.04 Å². The predicted molar refractivity (Wildman–Crippen MR) is 97.9 cm³/mol. The van der Waals surface area contributed by atoms with Crippen LogP contribution in [0, 0.1) is 5.82 Å². The van der Waals surface area contributed by atoms with Crippen molar-refractivity contribution in [2.45, 2.75) is 31.8 Å². The number of rotatable bonds is 5. The molecule has 2 amide bonds. The van der Waals surface area contributed by atoms with Crippen molar-refractivity contribution in [3.05, 3.63) is 52.0 Å². The van der Waals surface area contributed by atoms with Crippen molar-refractivity contribution in [3.63, 3.8) is 0 Å². The number of nitrogens with one attached hydrogen (secondary N) is 1. The number of likely N-dealkylation sites (tertiary alicyclic amines) is 1. The number of thiophene rings is 1. The second kappa shape index (κ2) is 7.86. The highest BCUT2D eigenvalue weighted by Crippen LogP contribution is 2.25. The van der Waals surface area contributed by atoms with Gasteiger partial charge in [-0.05, 0) is 48.9 Å². The van der Waals surface area contributed by atoms with Gasteiger partial charge in [0.15, 0.2) is 11.6 Å². The zero-order chi connectivity index (χ0) is 18.7. The summed E-state index contributed by atoms with van der Waals surface area (Å²) in [5.41, 5.74) is 0.644. The smallest absolute Gasteiger partial charge is 0.264 e. The van der Waals surface area contributed by atoms with Crippen molar-refractivity contribution in [2.24, 2.45) is 0 Å². The number of carbonyl (C=O) groups is 2. The first-order valence-electron chi connectivity index (χ1n) is 8.49. The molecule has 0 saturated carbocycles. The number of hydrogen-bond donors (Lipinski definition) is 1. The first-order chi connectivity index (χ1) is 12.5. The average Bonchev–Trinajstić information content (AvgIpc) is 3.32. The monoisotopic (exact) mass is 376 g/mol. The van der Waals surface area contributed by atoms with Gasteiger partial charge in [-0.1, -0.05) is 12.1 Å². The van der Waals surface area contributed by atoms with E-state index in [0.29, 0.717) is 23.4 Å². The van der Waals surface area contributed by atoms with E-state index in [1.54, 1.807) is 24.0 Å². The third-order valence-electron chi connectivity index (χ3n) is 4.58. The molecule has 2 heterocycles. The first-order valence-corrected chi connectivity index (χ1v) is 9.37. The van der Waals surface area contributed by atoms with E-state index in [-0.39, 0.29) is 23.6 Å². The van der Waals surface area contributed by atoms with Crippen LogP contribution in [-0.2, 0) is 4.79 Å². The number of benzene rings is 1. The lowest BCUT2D eigenvalue weighted by Gasteiger charge is -2.25. The van der Waals surface area contributed by atoms with Crippen molar-refractivity contribution in [1.29, 1.82) is 0 Å². The molecule has 1 N–H and O–H groups in total. The molecule has 138 valence electrons.